The summed E-state index contributed by atoms with van der Waals surface area (Å²) >= 11 is 5.29. The molecule has 0 fully saturated rings. The number of methoxy groups -OCH3 is 1. The maximum absolute atomic E-state index is 13.0. The Bertz CT molecular complexity index is 304. The first-order valence-corrected chi connectivity index (χ1v) is 3.80. The van der Waals surface area contributed by atoms with Gasteiger partial charge in [-0.05, 0) is 12.1 Å². The van der Waals surface area contributed by atoms with Gasteiger partial charge < -0.3 is 9.47 Å². The largest absolute Gasteiger partial charge is 0.464 e. The van der Waals surface area contributed by atoms with E-state index in [1.165, 1.54) is 7.11 Å². The highest BCUT2D eigenvalue weighted by molar-refractivity contribution is 6.31. The van der Waals surface area contributed by atoms with Crippen molar-refractivity contribution in [3.8, 4) is 5.75 Å². The van der Waals surface area contributed by atoms with Gasteiger partial charge in [-0.3, -0.25) is 0 Å². The molecule has 5 heteroatoms. The van der Waals surface area contributed by atoms with E-state index in [2.05, 4.69) is 4.74 Å². The van der Waals surface area contributed by atoms with Gasteiger partial charge in [-0.15, -0.1) is 0 Å². The van der Waals surface area contributed by atoms with Gasteiger partial charge in [0.2, 0.25) is 0 Å². The van der Waals surface area contributed by atoms with Crippen LogP contribution in [0.2, 0.25) is 5.02 Å². The van der Waals surface area contributed by atoms with Gasteiger partial charge in [-0.1, -0.05) is 11.6 Å². The van der Waals surface area contributed by atoms with Gasteiger partial charge in [0.25, 0.3) is 0 Å². The van der Waals surface area contributed by atoms with E-state index in [4.69, 9.17) is 16.3 Å². The average molecular weight is 209 g/mol. The first-order valence-electron chi connectivity index (χ1n) is 3.42. The minimum Gasteiger partial charge on any atom is -0.464 e. The molecule has 1 rings (SSSR count). The van der Waals surface area contributed by atoms with Crippen LogP contribution in [0.1, 0.15) is 0 Å². The second-order valence-corrected chi connectivity index (χ2v) is 2.60. The lowest BCUT2D eigenvalue weighted by atomic mass is 10.3. The zero-order valence-electron chi connectivity index (χ0n) is 6.81. The van der Waals surface area contributed by atoms with Crippen molar-refractivity contribution in [2.24, 2.45) is 0 Å². The summed E-state index contributed by atoms with van der Waals surface area (Å²) in [6.45, 7) is -0.112. The van der Waals surface area contributed by atoms with Crippen LogP contribution >= 0.6 is 11.6 Å². The third kappa shape index (κ3) is 2.29. The van der Waals surface area contributed by atoms with Crippen LogP contribution in [0.3, 0.4) is 0 Å². The molecule has 13 heavy (non-hydrogen) atoms. The fraction of sp³-hybridized carbons (Fsp3) is 0.250. The fourth-order valence-electron chi connectivity index (χ4n) is 0.742. The topological polar surface area (TPSA) is 18.5 Å². The Morgan fingerprint density at radius 1 is 1.38 bits per heavy atom. The molecule has 0 atom stereocenters. The number of hydrogen-bond acceptors (Lipinski definition) is 2. The van der Waals surface area contributed by atoms with Crippen LogP contribution in [0.15, 0.2) is 12.1 Å². The summed E-state index contributed by atoms with van der Waals surface area (Å²) in [6, 6.07) is 2.17. The zero-order chi connectivity index (χ0) is 9.84. The minimum atomic E-state index is -0.918. The van der Waals surface area contributed by atoms with Crippen molar-refractivity contribution in [1.82, 2.24) is 0 Å². The van der Waals surface area contributed by atoms with Gasteiger partial charge in [0, 0.05) is 7.11 Å². The van der Waals surface area contributed by atoms with E-state index in [-0.39, 0.29) is 12.5 Å². The lowest BCUT2D eigenvalue weighted by Crippen LogP contribution is -2.01. The Labute approximate surface area is 79.0 Å². The van der Waals surface area contributed by atoms with Crippen LogP contribution in [-0.2, 0) is 4.74 Å². The minimum absolute atomic E-state index is 0.112. The van der Waals surface area contributed by atoms with Gasteiger partial charge in [-0.2, -0.15) is 0 Å². The van der Waals surface area contributed by atoms with Crippen LogP contribution in [0.25, 0.3) is 0 Å². The summed E-state index contributed by atoms with van der Waals surface area (Å²) in [4.78, 5) is 0. The maximum atomic E-state index is 13.0. The zero-order valence-corrected chi connectivity index (χ0v) is 7.57. The molecule has 1 aromatic rings. The molecule has 0 bridgehead atoms. The molecule has 0 spiro atoms. The molecule has 0 amide bonds. The normalized spacial score (nSPS) is 10.2. The molecule has 0 unspecified atom stereocenters. The van der Waals surface area contributed by atoms with E-state index in [1.807, 2.05) is 0 Å². The summed E-state index contributed by atoms with van der Waals surface area (Å²) in [5.41, 5.74) is 0. The van der Waals surface area contributed by atoms with Crippen molar-refractivity contribution in [3.05, 3.63) is 28.8 Å². The Balaban J connectivity index is 2.90. The van der Waals surface area contributed by atoms with Gasteiger partial charge in [0.05, 0.1) is 0 Å². The molecular formula is C8H7ClF2O2. The van der Waals surface area contributed by atoms with E-state index in [0.717, 1.165) is 12.1 Å². The summed E-state index contributed by atoms with van der Waals surface area (Å²) in [6.07, 6.45) is 0. The third-order valence-corrected chi connectivity index (χ3v) is 1.68. The van der Waals surface area contributed by atoms with E-state index in [0.29, 0.717) is 0 Å². The second-order valence-electron chi connectivity index (χ2n) is 2.22. The second kappa shape index (κ2) is 4.39. The predicted molar refractivity (Wildman–Crippen MR) is 43.9 cm³/mol. The van der Waals surface area contributed by atoms with E-state index in [1.54, 1.807) is 0 Å². The molecular weight excluding hydrogens is 202 g/mol. The van der Waals surface area contributed by atoms with Crippen molar-refractivity contribution in [1.29, 1.82) is 0 Å². The number of hydrogen-bond donors (Lipinski definition) is 0. The van der Waals surface area contributed by atoms with Crippen molar-refractivity contribution >= 4 is 11.6 Å². The Morgan fingerprint density at radius 2 is 2.08 bits per heavy atom. The molecule has 2 nitrogen and oxygen atoms in total. The van der Waals surface area contributed by atoms with E-state index in [9.17, 15) is 8.78 Å². The predicted octanol–water partition coefficient (Wildman–Crippen LogP) is 2.60. The van der Waals surface area contributed by atoms with Crippen LogP contribution in [0.4, 0.5) is 8.78 Å². The Kier molecular flexibility index (Phi) is 3.45. The van der Waals surface area contributed by atoms with Crippen molar-refractivity contribution in [2.75, 3.05) is 13.9 Å². The first kappa shape index (κ1) is 10.2. The number of halogens is 3. The van der Waals surface area contributed by atoms with Crippen LogP contribution in [0.5, 0.6) is 5.75 Å². The van der Waals surface area contributed by atoms with E-state index >= 15 is 0 Å². The lowest BCUT2D eigenvalue weighted by molar-refractivity contribution is 0.0482. The summed E-state index contributed by atoms with van der Waals surface area (Å²) in [5, 5.41) is -0.575. The fourth-order valence-corrected chi connectivity index (χ4v) is 0.898. The van der Waals surface area contributed by atoms with Crippen LogP contribution < -0.4 is 4.74 Å². The van der Waals surface area contributed by atoms with Gasteiger partial charge in [0.15, 0.2) is 18.4 Å². The van der Waals surface area contributed by atoms with Crippen molar-refractivity contribution in [2.45, 2.75) is 0 Å². The number of ether oxygens (including phenoxy) is 2. The molecule has 72 valence electrons. The molecule has 0 heterocycles. The number of rotatable bonds is 3. The highest BCUT2D eigenvalue weighted by Gasteiger charge is 2.12. The molecule has 0 aliphatic carbocycles. The number of benzene rings is 1. The van der Waals surface area contributed by atoms with Crippen molar-refractivity contribution < 1.29 is 18.3 Å². The smallest absolute Gasteiger partial charge is 0.188 e. The highest BCUT2D eigenvalue weighted by Crippen LogP contribution is 2.26. The molecule has 0 aliphatic rings. The molecule has 0 aliphatic heterocycles. The van der Waals surface area contributed by atoms with E-state index < -0.39 is 16.7 Å². The monoisotopic (exact) mass is 208 g/mol. The molecule has 0 radical (unpaired) electrons. The first-order chi connectivity index (χ1) is 6.16. The van der Waals surface area contributed by atoms with Crippen molar-refractivity contribution in [3.63, 3.8) is 0 Å². The molecule has 0 saturated heterocycles. The summed E-state index contributed by atoms with van der Waals surface area (Å²) < 4.78 is 35.0. The Hall–Kier alpha value is -0.870. The SMILES string of the molecule is COCOc1ccc(F)c(Cl)c1F. The van der Waals surface area contributed by atoms with Crippen LogP contribution in [-0.4, -0.2) is 13.9 Å². The molecule has 1 aromatic carbocycles. The highest BCUT2D eigenvalue weighted by atomic mass is 35.5. The lowest BCUT2D eigenvalue weighted by Gasteiger charge is -2.06. The summed E-state index contributed by atoms with van der Waals surface area (Å²) in [5.74, 6) is -1.86. The Morgan fingerprint density at radius 3 is 2.69 bits per heavy atom. The summed E-state index contributed by atoms with van der Waals surface area (Å²) in [7, 11) is 1.39. The molecule has 0 saturated carbocycles. The van der Waals surface area contributed by atoms with Crippen LogP contribution in [0, 0.1) is 11.6 Å². The maximum Gasteiger partial charge on any atom is 0.188 e. The molecule has 0 N–H and O–H groups in total. The standard InChI is InChI=1S/C8H7ClF2O2/c1-12-4-13-6-3-2-5(10)7(9)8(6)11/h2-3H,4H2,1H3. The molecule has 0 aromatic heterocycles. The quantitative estimate of drug-likeness (QED) is 0.562. The third-order valence-electron chi connectivity index (χ3n) is 1.33. The average Bonchev–Trinajstić information content (AvgIpc) is 2.13. The van der Waals surface area contributed by atoms with Gasteiger partial charge in [-0.25, -0.2) is 8.78 Å². The van der Waals surface area contributed by atoms with Gasteiger partial charge >= 0.3 is 0 Å². The van der Waals surface area contributed by atoms with Gasteiger partial charge in [0.1, 0.15) is 10.8 Å².